The van der Waals surface area contributed by atoms with Crippen molar-refractivity contribution < 1.29 is 33.2 Å². The zero-order valence-corrected chi connectivity index (χ0v) is 20.5. The minimum absolute atomic E-state index is 0.162. The van der Waals surface area contributed by atoms with Crippen molar-refractivity contribution in [1.29, 1.82) is 0 Å². The molecule has 0 saturated heterocycles. The predicted molar refractivity (Wildman–Crippen MR) is 133 cm³/mol. The summed E-state index contributed by atoms with van der Waals surface area (Å²) in [6, 6.07) is 14.0. The number of amides is 1. The van der Waals surface area contributed by atoms with E-state index in [0.29, 0.717) is 46.6 Å². The van der Waals surface area contributed by atoms with Crippen LogP contribution in [0.25, 0.3) is 0 Å². The molecule has 0 fully saturated rings. The summed E-state index contributed by atoms with van der Waals surface area (Å²) in [6.45, 7) is 0.175. The van der Waals surface area contributed by atoms with E-state index < -0.39 is 6.04 Å². The lowest BCUT2D eigenvalue weighted by atomic mass is 9.85. The van der Waals surface area contributed by atoms with Crippen LogP contribution in [0.5, 0.6) is 34.5 Å². The molecule has 9 heteroatoms. The van der Waals surface area contributed by atoms with Crippen LogP contribution < -0.4 is 39.1 Å². The second kappa shape index (κ2) is 9.87. The number of anilines is 1. The Morgan fingerprint density at radius 3 is 2.33 bits per heavy atom. The normalized spacial score (nSPS) is 17.7. The highest BCUT2D eigenvalue weighted by Gasteiger charge is 2.37. The number of benzene rings is 3. The van der Waals surface area contributed by atoms with Gasteiger partial charge in [-0.3, -0.25) is 10.1 Å². The average molecular weight is 493 g/mol. The van der Waals surface area contributed by atoms with Gasteiger partial charge in [-0.25, -0.2) is 0 Å². The Morgan fingerprint density at radius 2 is 1.64 bits per heavy atom. The highest BCUT2D eigenvalue weighted by molar-refractivity contribution is 5.95. The maximum Gasteiger partial charge on any atom is 0.241 e. The SMILES string of the molecule is COc1ccc(NC(=O)[C@@H]2Cc3cc(OC)c(OC)c(OC)c3[C@@H](c3ccc4c(c3)OCO4)N2)cc1. The van der Waals surface area contributed by atoms with Gasteiger partial charge in [0.1, 0.15) is 5.75 Å². The number of carbonyl (C=O) groups is 1. The van der Waals surface area contributed by atoms with Crippen LogP contribution in [0.15, 0.2) is 48.5 Å². The third-order valence-corrected chi connectivity index (χ3v) is 6.44. The van der Waals surface area contributed by atoms with Gasteiger partial charge in [0.2, 0.25) is 18.4 Å². The molecule has 2 aliphatic rings. The minimum atomic E-state index is -0.530. The summed E-state index contributed by atoms with van der Waals surface area (Å²) < 4.78 is 33.4. The molecule has 2 heterocycles. The lowest BCUT2D eigenvalue weighted by molar-refractivity contribution is -0.118. The predicted octanol–water partition coefficient (Wildman–Crippen LogP) is 3.69. The van der Waals surface area contributed by atoms with Gasteiger partial charge in [-0.05, 0) is 60.0 Å². The number of methoxy groups -OCH3 is 4. The molecule has 2 N–H and O–H groups in total. The van der Waals surface area contributed by atoms with E-state index in [0.717, 1.165) is 16.7 Å². The molecule has 2 aliphatic heterocycles. The minimum Gasteiger partial charge on any atom is -0.497 e. The monoisotopic (exact) mass is 492 g/mol. The number of hydrogen-bond donors (Lipinski definition) is 2. The van der Waals surface area contributed by atoms with Gasteiger partial charge in [0.05, 0.1) is 40.5 Å². The zero-order chi connectivity index (χ0) is 25.2. The molecule has 0 unspecified atom stereocenters. The van der Waals surface area contributed by atoms with Crippen LogP contribution in [0.2, 0.25) is 0 Å². The van der Waals surface area contributed by atoms with Gasteiger partial charge < -0.3 is 33.7 Å². The Balaban J connectivity index is 1.55. The number of rotatable bonds is 7. The molecule has 0 aliphatic carbocycles. The fourth-order valence-corrected chi connectivity index (χ4v) is 4.71. The third kappa shape index (κ3) is 4.22. The largest absolute Gasteiger partial charge is 0.497 e. The topological polar surface area (TPSA) is 96.5 Å². The van der Waals surface area contributed by atoms with E-state index in [1.54, 1.807) is 52.7 Å². The van der Waals surface area contributed by atoms with Crippen LogP contribution in [0, 0.1) is 0 Å². The lowest BCUT2D eigenvalue weighted by Crippen LogP contribution is -2.47. The molecule has 5 rings (SSSR count). The first-order chi connectivity index (χ1) is 17.6. The number of nitrogens with one attached hydrogen (secondary N) is 2. The first-order valence-corrected chi connectivity index (χ1v) is 11.5. The molecule has 9 nitrogen and oxygen atoms in total. The molecule has 36 heavy (non-hydrogen) atoms. The average Bonchev–Trinajstić information content (AvgIpc) is 3.39. The third-order valence-electron chi connectivity index (χ3n) is 6.44. The van der Waals surface area contributed by atoms with Crippen molar-refractivity contribution in [2.45, 2.75) is 18.5 Å². The smallest absolute Gasteiger partial charge is 0.241 e. The molecular formula is C27H28N2O7. The molecule has 2 atom stereocenters. The quantitative estimate of drug-likeness (QED) is 0.516. The molecule has 0 radical (unpaired) electrons. The summed E-state index contributed by atoms with van der Waals surface area (Å²) in [4.78, 5) is 13.4. The van der Waals surface area contributed by atoms with E-state index in [1.165, 1.54) is 0 Å². The molecule has 3 aromatic carbocycles. The summed E-state index contributed by atoms with van der Waals surface area (Å²) >= 11 is 0. The first-order valence-electron chi connectivity index (χ1n) is 11.5. The second-order valence-corrected chi connectivity index (χ2v) is 8.40. The zero-order valence-electron chi connectivity index (χ0n) is 20.5. The highest BCUT2D eigenvalue weighted by Crippen LogP contribution is 2.48. The maximum absolute atomic E-state index is 13.4. The van der Waals surface area contributed by atoms with Crippen LogP contribution >= 0.6 is 0 Å². The summed E-state index contributed by atoms with van der Waals surface area (Å²) in [5, 5.41) is 6.51. The van der Waals surface area contributed by atoms with Gasteiger partial charge in [0.25, 0.3) is 0 Å². The Labute approximate surface area is 209 Å². The van der Waals surface area contributed by atoms with E-state index in [1.807, 2.05) is 24.3 Å². The van der Waals surface area contributed by atoms with Crippen molar-refractivity contribution in [1.82, 2.24) is 5.32 Å². The fourth-order valence-electron chi connectivity index (χ4n) is 4.71. The van der Waals surface area contributed by atoms with Crippen molar-refractivity contribution in [2.24, 2.45) is 0 Å². The summed E-state index contributed by atoms with van der Waals surface area (Å²) in [7, 11) is 6.35. The van der Waals surface area contributed by atoms with E-state index in [2.05, 4.69) is 10.6 Å². The molecule has 0 bridgehead atoms. The fraction of sp³-hybridized carbons (Fsp3) is 0.296. The van der Waals surface area contributed by atoms with Gasteiger partial charge in [-0.1, -0.05) is 6.07 Å². The lowest BCUT2D eigenvalue weighted by Gasteiger charge is -2.35. The van der Waals surface area contributed by atoms with E-state index in [4.69, 9.17) is 28.4 Å². The van der Waals surface area contributed by atoms with Gasteiger partial charge in [-0.15, -0.1) is 0 Å². The van der Waals surface area contributed by atoms with Crippen LogP contribution in [0.4, 0.5) is 5.69 Å². The molecule has 1 amide bonds. The van der Waals surface area contributed by atoms with Crippen molar-refractivity contribution in [2.75, 3.05) is 40.5 Å². The number of carbonyl (C=O) groups excluding carboxylic acids is 1. The Morgan fingerprint density at radius 1 is 0.889 bits per heavy atom. The summed E-state index contributed by atoms with van der Waals surface area (Å²) in [5.74, 6) is 3.47. The summed E-state index contributed by atoms with van der Waals surface area (Å²) in [5.41, 5.74) is 3.37. The summed E-state index contributed by atoms with van der Waals surface area (Å²) in [6.07, 6.45) is 0.426. The van der Waals surface area contributed by atoms with Gasteiger partial charge in [-0.2, -0.15) is 0 Å². The molecule has 188 valence electrons. The van der Waals surface area contributed by atoms with Crippen LogP contribution in [-0.4, -0.2) is 47.2 Å². The number of fused-ring (bicyclic) bond motifs is 2. The molecule has 3 aromatic rings. The van der Waals surface area contributed by atoms with Crippen molar-refractivity contribution in [3.05, 3.63) is 65.2 Å². The van der Waals surface area contributed by atoms with Crippen LogP contribution in [-0.2, 0) is 11.2 Å². The van der Waals surface area contributed by atoms with E-state index >= 15 is 0 Å². The highest BCUT2D eigenvalue weighted by atomic mass is 16.7. The van der Waals surface area contributed by atoms with Gasteiger partial charge in [0, 0.05) is 11.3 Å². The Bertz CT molecular complexity index is 1280. The molecular weight excluding hydrogens is 464 g/mol. The van der Waals surface area contributed by atoms with Gasteiger partial charge >= 0.3 is 0 Å². The molecule has 0 spiro atoms. The van der Waals surface area contributed by atoms with Crippen molar-refractivity contribution in [3.63, 3.8) is 0 Å². The Kier molecular flexibility index (Phi) is 6.47. The van der Waals surface area contributed by atoms with Crippen molar-refractivity contribution in [3.8, 4) is 34.5 Å². The second-order valence-electron chi connectivity index (χ2n) is 8.40. The van der Waals surface area contributed by atoms with E-state index in [-0.39, 0.29) is 18.7 Å². The molecule has 0 aromatic heterocycles. The first kappa shape index (κ1) is 23.6. The van der Waals surface area contributed by atoms with E-state index in [9.17, 15) is 4.79 Å². The van der Waals surface area contributed by atoms with Crippen LogP contribution in [0.3, 0.4) is 0 Å². The molecule has 0 saturated carbocycles. The number of hydrogen-bond acceptors (Lipinski definition) is 8. The van der Waals surface area contributed by atoms with Crippen molar-refractivity contribution >= 4 is 11.6 Å². The van der Waals surface area contributed by atoms with Gasteiger partial charge in [0.15, 0.2) is 23.0 Å². The standard InChI is InChI=1S/C27H28N2O7/c1-31-18-8-6-17(7-9-18)28-27(30)19-11-16-13-22(32-2)25(33-3)26(34-4)23(16)24(29-19)15-5-10-20-21(12-15)36-14-35-20/h5-10,12-13,19,24,29H,11,14H2,1-4H3,(H,28,30)/t19-,24+/m0/s1. The Hall–Kier alpha value is -4.11. The number of ether oxygens (including phenoxy) is 6. The maximum atomic E-state index is 13.4. The van der Waals surface area contributed by atoms with Crippen LogP contribution in [0.1, 0.15) is 22.7 Å².